The molecular formula is C17H17N5O2. The normalized spacial score (nSPS) is 14.6. The van der Waals surface area contributed by atoms with E-state index in [4.69, 9.17) is 10.00 Å². The topological polar surface area (TPSA) is 99.9 Å². The molecule has 2 heterocycles. The van der Waals surface area contributed by atoms with Crippen molar-refractivity contribution >= 4 is 23.2 Å². The second-order valence-electron chi connectivity index (χ2n) is 5.49. The lowest BCUT2D eigenvalue weighted by atomic mass is 9.99. The van der Waals surface area contributed by atoms with E-state index in [-0.39, 0.29) is 11.8 Å². The van der Waals surface area contributed by atoms with Crippen molar-refractivity contribution < 1.29 is 9.53 Å². The van der Waals surface area contributed by atoms with E-state index < -0.39 is 0 Å². The van der Waals surface area contributed by atoms with Gasteiger partial charge in [-0.3, -0.25) is 4.79 Å². The maximum Gasteiger partial charge on any atom is 0.228 e. The lowest BCUT2D eigenvalue weighted by Crippen LogP contribution is -2.28. The van der Waals surface area contributed by atoms with Crippen LogP contribution in [-0.4, -0.2) is 29.3 Å². The first-order chi connectivity index (χ1) is 11.7. The molecule has 24 heavy (non-hydrogen) atoms. The van der Waals surface area contributed by atoms with Crippen molar-refractivity contribution in [3.63, 3.8) is 0 Å². The second-order valence-corrected chi connectivity index (χ2v) is 5.49. The molecule has 1 aliphatic rings. The number of nitrogens with one attached hydrogen (secondary N) is 2. The highest BCUT2D eigenvalue weighted by atomic mass is 16.5. The van der Waals surface area contributed by atoms with Gasteiger partial charge in [-0.25, -0.2) is 0 Å². The Morgan fingerprint density at radius 1 is 1.08 bits per heavy atom. The highest BCUT2D eigenvalue weighted by Crippen LogP contribution is 2.18. The van der Waals surface area contributed by atoms with Crippen LogP contribution in [0.4, 0.5) is 17.3 Å². The summed E-state index contributed by atoms with van der Waals surface area (Å²) in [4.78, 5) is 12.1. The van der Waals surface area contributed by atoms with Crippen LogP contribution >= 0.6 is 0 Å². The summed E-state index contributed by atoms with van der Waals surface area (Å²) in [6.45, 7) is 1.24. The Balaban J connectivity index is 1.58. The number of carbonyl (C=O) groups is 1. The predicted molar refractivity (Wildman–Crippen MR) is 88.6 cm³/mol. The molecule has 1 aromatic carbocycles. The number of hydrogen-bond donors (Lipinski definition) is 2. The molecule has 1 aliphatic heterocycles. The molecule has 122 valence electrons. The highest BCUT2D eigenvalue weighted by molar-refractivity contribution is 5.91. The molecule has 0 radical (unpaired) electrons. The third kappa shape index (κ3) is 4.06. The standard InChI is InChI=1S/C17H17N5O2/c18-11-12-1-3-14(4-2-12)19-15-5-6-16(22-21-15)20-17(23)13-7-9-24-10-8-13/h1-6,13H,7-10H2,(H,19,21)(H,20,22,23). The zero-order chi connectivity index (χ0) is 16.8. The van der Waals surface area contributed by atoms with Crippen LogP contribution < -0.4 is 10.6 Å². The number of carbonyl (C=O) groups excluding carboxylic acids is 1. The molecule has 7 heteroatoms. The Morgan fingerprint density at radius 2 is 1.75 bits per heavy atom. The molecule has 0 aliphatic carbocycles. The van der Waals surface area contributed by atoms with Gasteiger partial charge in [0.1, 0.15) is 0 Å². The van der Waals surface area contributed by atoms with Crippen LogP contribution in [0.2, 0.25) is 0 Å². The van der Waals surface area contributed by atoms with Gasteiger partial charge in [0.15, 0.2) is 11.6 Å². The molecule has 1 saturated heterocycles. The van der Waals surface area contributed by atoms with E-state index >= 15 is 0 Å². The molecule has 1 aromatic heterocycles. The quantitative estimate of drug-likeness (QED) is 0.896. The van der Waals surface area contributed by atoms with Crippen LogP contribution in [0, 0.1) is 17.2 Å². The summed E-state index contributed by atoms with van der Waals surface area (Å²) in [6, 6.07) is 12.5. The van der Waals surface area contributed by atoms with Gasteiger partial charge in [-0.05, 0) is 49.2 Å². The fourth-order valence-electron chi connectivity index (χ4n) is 2.43. The zero-order valence-electron chi connectivity index (χ0n) is 13.0. The van der Waals surface area contributed by atoms with Gasteiger partial charge in [0, 0.05) is 24.8 Å². The fraction of sp³-hybridized carbons (Fsp3) is 0.294. The monoisotopic (exact) mass is 323 g/mol. The van der Waals surface area contributed by atoms with E-state index in [2.05, 4.69) is 26.9 Å². The Kier molecular flexibility index (Phi) is 4.99. The van der Waals surface area contributed by atoms with Gasteiger partial charge in [0.05, 0.1) is 11.6 Å². The molecule has 0 atom stereocenters. The van der Waals surface area contributed by atoms with Gasteiger partial charge in [-0.1, -0.05) is 0 Å². The first kappa shape index (κ1) is 15.9. The molecule has 0 unspecified atom stereocenters. The SMILES string of the molecule is N#Cc1ccc(Nc2ccc(NC(=O)C3CCOCC3)nn2)cc1. The number of hydrogen-bond acceptors (Lipinski definition) is 6. The van der Waals surface area contributed by atoms with Crippen LogP contribution in [0.3, 0.4) is 0 Å². The van der Waals surface area contributed by atoms with Crippen molar-refractivity contribution in [2.75, 3.05) is 23.8 Å². The first-order valence-corrected chi connectivity index (χ1v) is 7.74. The van der Waals surface area contributed by atoms with Crippen molar-refractivity contribution in [2.45, 2.75) is 12.8 Å². The van der Waals surface area contributed by atoms with Crippen molar-refractivity contribution in [1.82, 2.24) is 10.2 Å². The number of rotatable bonds is 4. The summed E-state index contributed by atoms with van der Waals surface area (Å²) < 4.78 is 5.25. The number of nitrogens with zero attached hydrogens (tertiary/aromatic N) is 3. The highest BCUT2D eigenvalue weighted by Gasteiger charge is 2.21. The minimum absolute atomic E-state index is 0.0306. The molecule has 0 bridgehead atoms. The Bertz CT molecular complexity index is 731. The van der Waals surface area contributed by atoms with Crippen molar-refractivity contribution in [3.8, 4) is 6.07 Å². The number of anilines is 3. The van der Waals surface area contributed by atoms with Crippen LogP contribution in [0.25, 0.3) is 0 Å². The molecule has 0 spiro atoms. The van der Waals surface area contributed by atoms with Crippen LogP contribution in [0.5, 0.6) is 0 Å². The summed E-state index contributed by atoms with van der Waals surface area (Å²) >= 11 is 0. The maximum absolute atomic E-state index is 12.1. The number of aromatic nitrogens is 2. The van der Waals surface area contributed by atoms with Gasteiger partial charge in [0.2, 0.25) is 5.91 Å². The van der Waals surface area contributed by atoms with E-state index in [0.717, 1.165) is 18.5 Å². The van der Waals surface area contributed by atoms with Crippen LogP contribution in [0.15, 0.2) is 36.4 Å². The van der Waals surface area contributed by atoms with Gasteiger partial charge < -0.3 is 15.4 Å². The molecule has 2 aromatic rings. The van der Waals surface area contributed by atoms with E-state index in [9.17, 15) is 4.79 Å². The van der Waals surface area contributed by atoms with E-state index in [1.165, 1.54) is 0 Å². The first-order valence-electron chi connectivity index (χ1n) is 7.74. The van der Waals surface area contributed by atoms with Crippen molar-refractivity contribution in [1.29, 1.82) is 5.26 Å². The fourth-order valence-corrected chi connectivity index (χ4v) is 2.43. The molecule has 3 rings (SSSR count). The minimum Gasteiger partial charge on any atom is -0.381 e. The van der Waals surface area contributed by atoms with Gasteiger partial charge in [-0.2, -0.15) is 5.26 Å². The lowest BCUT2D eigenvalue weighted by molar-refractivity contribution is -0.122. The van der Waals surface area contributed by atoms with Crippen LogP contribution in [-0.2, 0) is 9.53 Å². The summed E-state index contributed by atoms with van der Waals surface area (Å²) in [5.41, 5.74) is 1.40. The minimum atomic E-state index is -0.0413. The number of ether oxygens (including phenoxy) is 1. The van der Waals surface area contributed by atoms with E-state index in [1.54, 1.807) is 36.4 Å². The smallest absolute Gasteiger partial charge is 0.228 e. The van der Waals surface area contributed by atoms with Gasteiger partial charge in [-0.15, -0.1) is 10.2 Å². The average molecular weight is 323 g/mol. The summed E-state index contributed by atoms with van der Waals surface area (Å²) in [7, 11) is 0. The Morgan fingerprint density at radius 3 is 2.38 bits per heavy atom. The van der Waals surface area contributed by atoms with Crippen molar-refractivity contribution in [2.24, 2.45) is 5.92 Å². The van der Waals surface area contributed by atoms with Gasteiger partial charge in [0.25, 0.3) is 0 Å². The summed E-state index contributed by atoms with van der Waals surface area (Å²) in [6.07, 6.45) is 1.47. The number of nitriles is 1. The average Bonchev–Trinajstić information content (AvgIpc) is 2.65. The van der Waals surface area contributed by atoms with Crippen molar-refractivity contribution in [3.05, 3.63) is 42.0 Å². The largest absolute Gasteiger partial charge is 0.381 e. The molecule has 1 fully saturated rings. The van der Waals surface area contributed by atoms with E-state index in [0.29, 0.717) is 30.4 Å². The second kappa shape index (κ2) is 7.53. The Labute approximate surface area is 139 Å². The number of amides is 1. The Hall–Kier alpha value is -2.98. The summed E-state index contributed by atoms with van der Waals surface area (Å²) in [5, 5.41) is 22.7. The molecule has 7 nitrogen and oxygen atoms in total. The molecule has 1 amide bonds. The number of benzene rings is 1. The molecular weight excluding hydrogens is 306 g/mol. The van der Waals surface area contributed by atoms with Gasteiger partial charge >= 0.3 is 0 Å². The lowest BCUT2D eigenvalue weighted by Gasteiger charge is -2.20. The zero-order valence-corrected chi connectivity index (χ0v) is 13.0. The van der Waals surface area contributed by atoms with Crippen LogP contribution in [0.1, 0.15) is 18.4 Å². The van der Waals surface area contributed by atoms with E-state index in [1.807, 2.05) is 0 Å². The summed E-state index contributed by atoms with van der Waals surface area (Å²) in [5.74, 6) is 0.915. The third-order valence-corrected chi connectivity index (χ3v) is 3.79. The maximum atomic E-state index is 12.1. The third-order valence-electron chi connectivity index (χ3n) is 3.79. The molecule has 2 N–H and O–H groups in total. The predicted octanol–water partition coefficient (Wildman–Crippen LogP) is 2.46. The molecule has 0 saturated carbocycles.